The third-order valence-corrected chi connectivity index (χ3v) is 4.39. The minimum atomic E-state index is -2.55. The summed E-state index contributed by atoms with van der Waals surface area (Å²) in [5, 5.41) is 3.77. The summed E-state index contributed by atoms with van der Waals surface area (Å²) < 4.78 is 32.0. The van der Waals surface area contributed by atoms with Crippen molar-refractivity contribution in [3.8, 4) is 11.3 Å². The summed E-state index contributed by atoms with van der Waals surface area (Å²) in [6.45, 7) is 3.70. The molecule has 0 N–H and O–H groups in total. The molecule has 1 amide bonds. The fraction of sp³-hybridized carbons (Fsp3) is 0.350. The molecule has 28 heavy (non-hydrogen) atoms. The van der Waals surface area contributed by atoms with Crippen LogP contribution in [0.25, 0.3) is 11.3 Å². The average Bonchev–Trinajstić information content (AvgIpc) is 3.31. The third-order valence-electron chi connectivity index (χ3n) is 4.39. The van der Waals surface area contributed by atoms with Crippen LogP contribution in [0.1, 0.15) is 41.7 Å². The molecule has 0 bridgehead atoms. The summed E-state index contributed by atoms with van der Waals surface area (Å²) in [4.78, 5) is 18.0. The first-order valence-electron chi connectivity index (χ1n) is 8.95. The van der Waals surface area contributed by atoms with Gasteiger partial charge in [0.05, 0.1) is 6.54 Å². The Bertz CT molecular complexity index is 949. The number of furan rings is 1. The van der Waals surface area contributed by atoms with Crippen LogP contribution >= 0.6 is 0 Å². The quantitative estimate of drug-likeness (QED) is 0.609. The molecule has 0 saturated carbocycles. The molecule has 1 aromatic carbocycles. The molecule has 3 aromatic rings. The Labute approximate surface area is 161 Å². The van der Waals surface area contributed by atoms with Gasteiger partial charge in [0.15, 0.2) is 5.76 Å². The highest BCUT2D eigenvalue weighted by Gasteiger charge is 2.20. The highest BCUT2D eigenvalue weighted by molar-refractivity contribution is 5.91. The van der Waals surface area contributed by atoms with E-state index < -0.39 is 13.0 Å². The van der Waals surface area contributed by atoms with Gasteiger partial charge in [-0.3, -0.25) is 4.79 Å². The van der Waals surface area contributed by atoms with Crippen molar-refractivity contribution in [2.75, 3.05) is 7.05 Å². The van der Waals surface area contributed by atoms with Gasteiger partial charge >= 0.3 is 0 Å². The predicted molar refractivity (Wildman–Crippen MR) is 100 cm³/mol. The minimum Gasteiger partial charge on any atom is -0.451 e. The lowest BCUT2D eigenvalue weighted by Gasteiger charge is -2.15. The van der Waals surface area contributed by atoms with Crippen LogP contribution in [0.4, 0.5) is 8.78 Å². The van der Waals surface area contributed by atoms with E-state index in [0.29, 0.717) is 11.7 Å². The zero-order chi connectivity index (χ0) is 20.3. The van der Waals surface area contributed by atoms with Gasteiger partial charge in [0.2, 0.25) is 0 Å². The second-order valence-corrected chi connectivity index (χ2v) is 6.85. The molecule has 0 fully saturated rings. The summed E-state index contributed by atoms with van der Waals surface area (Å²) in [5.74, 6) is 1.07. The molecule has 0 atom stereocenters. The number of hydrogen-bond donors (Lipinski definition) is 0. The standard InChI is InChI=1S/C20H22F2N4O2/c1-13(2)14-5-4-6-15(9-14)16-7-8-17(28-16)20(27)25(3)11-19-23-12-24-26(19)10-18(21)22/h4-9,12-13,18H,10-11H2,1-3H3. The molecule has 0 spiro atoms. The molecule has 0 saturated heterocycles. The molecule has 2 aromatic heterocycles. The highest BCUT2D eigenvalue weighted by atomic mass is 19.3. The molecular formula is C20H22F2N4O2. The van der Waals surface area contributed by atoms with Crippen LogP contribution in [0.2, 0.25) is 0 Å². The normalized spacial score (nSPS) is 11.4. The Morgan fingerprint density at radius 3 is 2.75 bits per heavy atom. The second-order valence-electron chi connectivity index (χ2n) is 6.85. The first-order chi connectivity index (χ1) is 13.3. The van der Waals surface area contributed by atoms with Crippen molar-refractivity contribution < 1.29 is 18.0 Å². The third kappa shape index (κ3) is 4.44. The number of nitrogens with zero attached hydrogens (tertiary/aromatic N) is 4. The topological polar surface area (TPSA) is 64.2 Å². The highest BCUT2D eigenvalue weighted by Crippen LogP contribution is 2.26. The molecule has 2 heterocycles. The number of rotatable bonds is 7. The van der Waals surface area contributed by atoms with Gasteiger partial charge in [0.1, 0.15) is 24.5 Å². The van der Waals surface area contributed by atoms with E-state index in [4.69, 9.17) is 4.42 Å². The maximum Gasteiger partial charge on any atom is 0.289 e. The molecular weight excluding hydrogens is 366 g/mol. The van der Waals surface area contributed by atoms with Crippen LogP contribution in [-0.4, -0.2) is 39.0 Å². The Hall–Kier alpha value is -3.03. The van der Waals surface area contributed by atoms with E-state index in [9.17, 15) is 13.6 Å². The zero-order valence-corrected chi connectivity index (χ0v) is 16.0. The van der Waals surface area contributed by atoms with Gasteiger partial charge in [0, 0.05) is 12.6 Å². The SMILES string of the molecule is CC(C)c1cccc(-c2ccc(C(=O)N(C)Cc3ncnn3CC(F)F)o2)c1. The van der Waals surface area contributed by atoms with Gasteiger partial charge in [-0.15, -0.1) is 0 Å². The van der Waals surface area contributed by atoms with Crippen LogP contribution < -0.4 is 0 Å². The van der Waals surface area contributed by atoms with E-state index in [1.54, 1.807) is 19.2 Å². The van der Waals surface area contributed by atoms with Crippen LogP contribution in [0.3, 0.4) is 0 Å². The molecule has 0 aliphatic rings. The van der Waals surface area contributed by atoms with Gasteiger partial charge in [-0.05, 0) is 29.7 Å². The van der Waals surface area contributed by atoms with Crippen molar-refractivity contribution in [3.05, 3.63) is 59.9 Å². The van der Waals surface area contributed by atoms with E-state index in [2.05, 4.69) is 23.9 Å². The predicted octanol–water partition coefficient (Wildman–Crippen LogP) is 4.20. The zero-order valence-electron chi connectivity index (χ0n) is 16.0. The number of carbonyl (C=O) groups is 1. The summed E-state index contributed by atoms with van der Waals surface area (Å²) in [5.41, 5.74) is 2.07. The Morgan fingerprint density at radius 1 is 1.25 bits per heavy atom. The molecule has 3 rings (SSSR count). The van der Waals surface area contributed by atoms with Crippen molar-refractivity contribution in [1.82, 2.24) is 19.7 Å². The van der Waals surface area contributed by atoms with Crippen LogP contribution in [0, 0.1) is 0 Å². The number of benzene rings is 1. The molecule has 8 heteroatoms. The van der Waals surface area contributed by atoms with Crippen LogP contribution in [0.15, 0.2) is 47.1 Å². The summed E-state index contributed by atoms with van der Waals surface area (Å²) >= 11 is 0. The van der Waals surface area contributed by atoms with E-state index >= 15 is 0 Å². The van der Waals surface area contributed by atoms with Crippen molar-refractivity contribution >= 4 is 5.91 Å². The largest absolute Gasteiger partial charge is 0.451 e. The number of amides is 1. The maximum atomic E-state index is 12.7. The van der Waals surface area contributed by atoms with Crippen LogP contribution in [-0.2, 0) is 13.1 Å². The van der Waals surface area contributed by atoms with Crippen molar-refractivity contribution in [2.45, 2.75) is 39.3 Å². The second kappa shape index (κ2) is 8.33. The minimum absolute atomic E-state index is 0.0461. The van der Waals surface area contributed by atoms with E-state index in [1.807, 2.05) is 24.3 Å². The van der Waals surface area contributed by atoms with E-state index in [0.717, 1.165) is 10.2 Å². The Morgan fingerprint density at radius 2 is 2.04 bits per heavy atom. The summed E-state index contributed by atoms with van der Waals surface area (Å²) in [7, 11) is 1.56. The number of aromatic nitrogens is 3. The van der Waals surface area contributed by atoms with E-state index in [-0.39, 0.29) is 24.0 Å². The van der Waals surface area contributed by atoms with Gasteiger partial charge < -0.3 is 9.32 Å². The maximum absolute atomic E-state index is 12.7. The number of hydrogen-bond acceptors (Lipinski definition) is 4. The smallest absolute Gasteiger partial charge is 0.289 e. The first kappa shape index (κ1) is 19.7. The van der Waals surface area contributed by atoms with Crippen LogP contribution in [0.5, 0.6) is 0 Å². The molecule has 0 aliphatic heterocycles. The molecule has 0 unspecified atom stereocenters. The lowest BCUT2D eigenvalue weighted by molar-refractivity contribution is 0.0745. The van der Waals surface area contributed by atoms with Gasteiger partial charge in [-0.1, -0.05) is 32.0 Å². The number of alkyl halides is 2. The Balaban J connectivity index is 1.73. The average molecular weight is 388 g/mol. The molecule has 148 valence electrons. The lowest BCUT2D eigenvalue weighted by atomic mass is 10.0. The fourth-order valence-corrected chi connectivity index (χ4v) is 2.82. The lowest BCUT2D eigenvalue weighted by Crippen LogP contribution is -2.28. The summed E-state index contributed by atoms with van der Waals surface area (Å²) in [6.07, 6.45) is -1.35. The van der Waals surface area contributed by atoms with Gasteiger partial charge in [-0.2, -0.15) is 5.10 Å². The van der Waals surface area contributed by atoms with Gasteiger partial charge in [-0.25, -0.2) is 18.4 Å². The summed E-state index contributed by atoms with van der Waals surface area (Å²) in [6, 6.07) is 11.3. The van der Waals surface area contributed by atoms with Crippen molar-refractivity contribution in [1.29, 1.82) is 0 Å². The monoisotopic (exact) mass is 388 g/mol. The first-order valence-corrected chi connectivity index (χ1v) is 8.95. The Kier molecular flexibility index (Phi) is 5.87. The molecule has 0 aliphatic carbocycles. The van der Waals surface area contributed by atoms with E-state index in [1.165, 1.54) is 16.8 Å². The molecule has 0 radical (unpaired) electrons. The van der Waals surface area contributed by atoms with Crippen molar-refractivity contribution in [3.63, 3.8) is 0 Å². The fourth-order valence-electron chi connectivity index (χ4n) is 2.82. The number of carbonyl (C=O) groups excluding carboxylic acids is 1. The molecule has 6 nitrogen and oxygen atoms in total. The van der Waals surface area contributed by atoms with Gasteiger partial charge in [0.25, 0.3) is 12.3 Å². The van der Waals surface area contributed by atoms with Crippen molar-refractivity contribution in [2.24, 2.45) is 0 Å². The number of halogens is 2.